The van der Waals surface area contributed by atoms with Gasteiger partial charge in [-0.1, -0.05) is 36.0 Å². The van der Waals surface area contributed by atoms with E-state index in [1.165, 1.54) is 22.9 Å². The molecule has 1 amide bonds. The van der Waals surface area contributed by atoms with E-state index in [2.05, 4.69) is 38.7 Å². The molecule has 2 aromatic rings. The van der Waals surface area contributed by atoms with E-state index < -0.39 is 0 Å². The Labute approximate surface area is 148 Å². The van der Waals surface area contributed by atoms with E-state index in [1.807, 2.05) is 6.07 Å². The summed E-state index contributed by atoms with van der Waals surface area (Å²) in [5.74, 6) is 0.160. The van der Waals surface area contributed by atoms with Gasteiger partial charge in [0.05, 0.1) is 11.8 Å². The Balaban J connectivity index is 1.49. The average Bonchev–Trinajstić information content (AvgIpc) is 3.16. The molecule has 25 heavy (non-hydrogen) atoms. The lowest BCUT2D eigenvalue weighted by atomic mass is 9.74. The first-order valence-corrected chi connectivity index (χ1v) is 9.37. The van der Waals surface area contributed by atoms with Gasteiger partial charge < -0.3 is 10.1 Å². The number of benzene rings is 1. The molecule has 1 fully saturated rings. The fraction of sp³-hybridized carbons (Fsp3) is 0.471. The molecule has 4 rings (SSSR count). The van der Waals surface area contributed by atoms with Gasteiger partial charge in [-0.15, -0.1) is 5.10 Å². The molecule has 0 radical (unpaired) electrons. The Morgan fingerprint density at radius 1 is 1.36 bits per heavy atom. The Kier molecular flexibility index (Phi) is 4.39. The summed E-state index contributed by atoms with van der Waals surface area (Å²) in [6.45, 7) is 1.48. The Bertz CT molecular complexity index is 825. The molecule has 1 aliphatic heterocycles. The van der Waals surface area contributed by atoms with Crippen molar-refractivity contribution in [1.29, 1.82) is 0 Å². The zero-order valence-corrected chi connectivity index (χ0v) is 14.5. The van der Waals surface area contributed by atoms with Crippen molar-refractivity contribution in [3.05, 3.63) is 45.9 Å². The monoisotopic (exact) mass is 360 g/mol. The fourth-order valence-electron chi connectivity index (χ4n) is 3.92. The van der Waals surface area contributed by atoms with Crippen LogP contribution >= 0.6 is 11.8 Å². The number of hydrogen-bond acceptors (Lipinski definition) is 5. The standard InChI is InChI=1S/C17H20N4O3S/c22-13(10-25-16-19-15(23)20-21-16)18-14-12-4-2-1-3-11(12)9-17(14)5-7-24-8-6-17/h1-4,14H,5-10H2,(H,18,22)(H2,19,20,21,23). The molecule has 1 atom stereocenters. The quantitative estimate of drug-likeness (QED) is 0.716. The maximum absolute atomic E-state index is 12.5. The van der Waals surface area contributed by atoms with Crippen LogP contribution in [0, 0.1) is 5.41 Å². The van der Waals surface area contributed by atoms with Crippen LogP contribution in [0.25, 0.3) is 0 Å². The first-order chi connectivity index (χ1) is 12.2. The van der Waals surface area contributed by atoms with Crippen molar-refractivity contribution < 1.29 is 9.53 Å². The number of carbonyl (C=O) groups is 1. The molecular weight excluding hydrogens is 340 g/mol. The third-order valence-electron chi connectivity index (χ3n) is 5.13. The van der Waals surface area contributed by atoms with Crippen LogP contribution in [0.5, 0.6) is 0 Å². The lowest BCUT2D eigenvalue weighted by Gasteiger charge is -2.39. The molecule has 1 aromatic carbocycles. The number of nitrogens with zero attached hydrogens (tertiary/aromatic N) is 1. The van der Waals surface area contributed by atoms with E-state index in [0.717, 1.165) is 32.5 Å². The Hall–Kier alpha value is -2.06. The second-order valence-corrected chi connectivity index (χ2v) is 7.59. The molecule has 1 saturated heterocycles. The van der Waals surface area contributed by atoms with Gasteiger partial charge in [-0.05, 0) is 30.4 Å². The van der Waals surface area contributed by atoms with E-state index in [0.29, 0.717) is 5.16 Å². The highest BCUT2D eigenvalue weighted by molar-refractivity contribution is 7.99. The summed E-state index contributed by atoms with van der Waals surface area (Å²) in [5, 5.41) is 9.76. The van der Waals surface area contributed by atoms with Gasteiger partial charge in [-0.25, -0.2) is 9.89 Å². The van der Waals surface area contributed by atoms with Gasteiger partial charge in [0.25, 0.3) is 0 Å². The molecule has 2 heterocycles. The maximum Gasteiger partial charge on any atom is 0.341 e. The molecule has 7 nitrogen and oxygen atoms in total. The van der Waals surface area contributed by atoms with Gasteiger partial charge in [-0.3, -0.25) is 9.78 Å². The van der Waals surface area contributed by atoms with Crippen LogP contribution in [0.15, 0.2) is 34.2 Å². The van der Waals surface area contributed by atoms with E-state index in [-0.39, 0.29) is 28.8 Å². The number of nitrogens with one attached hydrogen (secondary N) is 3. The predicted molar refractivity (Wildman–Crippen MR) is 93.4 cm³/mol. The number of hydrogen-bond donors (Lipinski definition) is 3. The number of aromatic nitrogens is 3. The molecule has 1 spiro atoms. The highest BCUT2D eigenvalue weighted by Crippen LogP contribution is 2.51. The smallest absolute Gasteiger partial charge is 0.341 e. The number of carbonyl (C=O) groups excluding carboxylic acids is 1. The SMILES string of the molecule is O=C(CSc1n[nH]c(=O)[nH]1)NC1c2ccccc2CC12CCOCC2. The maximum atomic E-state index is 12.5. The fourth-order valence-corrected chi connectivity index (χ4v) is 4.55. The lowest BCUT2D eigenvalue weighted by molar-refractivity contribution is -0.121. The largest absolute Gasteiger partial charge is 0.381 e. The van der Waals surface area contributed by atoms with Gasteiger partial charge in [0.2, 0.25) is 5.91 Å². The number of aromatic amines is 2. The summed E-state index contributed by atoms with van der Waals surface area (Å²) >= 11 is 1.21. The molecule has 0 bridgehead atoms. The molecule has 1 unspecified atom stereocenters. The second-order valence-electron chi connectivity index (χ2n) is 6.62. The van der Waals surface area contributed by atoms with Crippen LogP contribution in [0.3, 0.4) is 0 Å². The van der Waals surface area contributed by atoms with Crippen LogP contribution in [0.4, 0.5) is 0 Å². The van der Waals surface area contributed by atoms with Crippen LogP contribution in [0.2, 0.25) is 0 Å². The molecule has 1 aliphatic carbocycles. The predicted octanol–water partition coefficient (Wildman–Crippen LogP) is 1.40. The van der Waals surface area contributed by atoms with Crippen LogP contribution in [-0.4, -0.2) is 40.1 Å². The van der Waals surface area contributed by atoms with Crippen molar-refractivity contribution >= 4 is 17.7 Å². The number of amides is 1. The summed E-state index contributed by atoms with van der Waals surface area (Å²) < 4.78 is 5.55. The Morgan fingerprint density at radius 3 is 2.92 bits per heavy atom. The molecule has 132 valence electrons. The minimum atomic E-state index is -0.367. The van der Waals surface area contributed by atoms with E-state index in [9.17, 15) is 9.59 Å². The third-order valence-corrected chi connectivity index (χ3v) is 6.01. The zero-order valence-electron chi connectivity index (χ0n) is 13.7. The number of thioether (sulfide) groups is 1. The molecule has 8 heteroatoms. The zero-order chi connectivity index (χ0) is 17.3. The van der Waals surface area contributed by atoms with Crippen LogP contribution < -0.4 is 11.0 Å². The van der Waals surface area contributed by atoms with Crippen molar-refractivity contribution in [3.63, 3.8) is 0 Å². The van der Waals surface area contributed by atoms with Crippen LogP contribution in [-0.2, 0) is 16.0 Å². The van der Waals surface area contributed by atoms with Crippen molar-refractivity contribution in [2.24, 2.45) is 5.41 Å². The summed E-state index contributed by atoms with van der Waals surface area (Å²) in [5.41, 5.74) is 2.21. The van der Waals surface area contributed by atoms with E-state index in [4.69, 9.17) is 4.74 Å². The number of fused-ring (bicyclic) bond motifs is 1. The van der Waals surface area contributed by atoms with Gasteiger partial charge in [0.1, 0.15) is 0 Å². The number of H-pyrrole nitrogens is 2. The van der Waals surface area contributed by atoms with Crippen molar-refractivity contribution in [1.82, 2.24) is 20.5 Å². The minimum Gasteiger partial charge on any atom is -0.381 e. The first kappa shape index (κ1) is 16.4. The van der Waals surface area contributed by atoms with Crippen LogP contribution in [0.1, 0.15) is 30.0 Å². The van der Waals surface area contributed by atoms with Crippen molar-refractivity contribution in [3.8, 4) is 0 Å². The van der Waals surface area contributed by atoms with Gasteiger partial charge in [-0.2, -0.15) is 0 Å². The van der Waals surface area contributed by atoms with Crippen molar-refractivity contribution in [2.75, 3.05) is 19.0 Å². The lowest BCUT2D eigenvalue weighted by Crippen LogP contribution is -2.42. The number of rotatable bonds is 4. The summed E-state index contributed by atoms with van der Waals surface area (Å²) in [6, 6.07) is 8.36. The molecule has 3 N–H and O–H groups in total. The summed E-state index contributed by atoms with van der Waals surface area (Å²) in [7, 11) is 0. The highest BCUT2D eigenvalue weighted by Gasteiger charge is 2.47. The highest BCUT2D eigenvalue weighted by atomic mass is 32.2. The van der Waals surface area contributed by atoms with E-state index in [1.54, 1.807) is 0 Å². The van der Waals surface area contributed by atoms with Crippen molar-refractivity contribution in [2.45, 2.75) is 30.5 Å². The minimum absolute atomic E-state index is 0.0129. The van der Waals surface area contributed by atoms with Gasteiger partial charge in [0, 0.05) is 18.6 Å². The normalized spacial score (nSPS) is 21.2. The van der Waals surface area contributed by atoms with Gasteiger partial charge in [0.15, 0.2) is 5.16 Å². The molecule has 0 saturated carbocycles. The second kappa shape index (κ2) is 6.68. The summed E-state index contributed by atoms with van der Waals surface area (Å²) in [4.78, 5) is 26.1. The topological polar surface area (TPSA) is 99.9 Å². The number of ether oxygens (including phenoxy) is 1. The Morgan fingerprint density at radius 2 is 2.16 bits per heavy atom. The van der Waals surface area contributed by atoms with E-state index >= 15 is 0 Å². The first-order valence-electron chi connectivity index (χ1n) is 8.39. The summed E-state index contributed by atoms with van der Waals surface area (Å²) in [6.07, 6.45) is 2.89. The third kappa shape index (κ3) is 3.23. The van der Waals surface area contributed by atoms with Gasteiger partial charge >= 0.3 is 5.69 Å². The molecular formula is C17H20N4O3S. The average molecular weight is 360 g/mol. The molecule has 1 aromatic heterocycles. The molecule has 2 aliphatic rings.